The Labute approximate surface area is 143 Å². The van der Waals surface area contributed by atoms with Crippen LogP contribution >= 0.6 is 11.6 Å². The molecule has 1 heterocycles. The first-order chi connectivity index (χ1) is 11.6. The van der Waals surface area contributed by atoms with Crippen LogP contribution in [0, 0.1) is 0 Å². The average molecular weight is 343 g/mol. The highest BCUT2D eigenvalue weighted by atomic mass is 35.5. The van der Waals surface area contributed by atoms with Gasteiger partial charge in [0, 0.05) is 28.9 Å². The van der Waals surface area contributed by atoms with Crippen LogP contribution < -0.4 is 10.6 Å². The van der Waals surface area contributed by atoms with Crippen LogP contribution in [0.15, 0.2) is 53.1 Å². The number of hydrogen-bond donors (Lipinski definition) is 2. The predicted octanol–water partition coefficient (Wildman–Crippen LogP) is 3.96. The number of halogens is 1. The van der Waals surface area contributed by atoms with Crippen molar-refractivity contribution in [1.29, 1.82) is 0 Å². The molecule has 0 aliphatic heterocycles. The molecule has 0 saturated heterocycles. The molecule has 1 aromatic heterocycles. The molecule has 2 aromatic carbocycles. The molecule has 6 nitrogen and oxygen atoms in total. The van der Waals surface area contributed by atoms with Crippen molar-refractivity contribution in [3.8, 4) is 11.4 Å². The van der Waals surface area contributed by atoms with Crippen molar-refractivity contribution in [2.45, 2.75) is 13.5 Å². The first kappa shape index (κ1) is 16.0. The molecule has 0 spiro atoms. The van der Waals surface area contributed by atoms with Gasteiger partial charge in [-0.2, -0.15) is 4.98 Å². The van der Waals surface area contributed by atoms with E-state index in [1.807, 2.05) is 36.4 Å². The molecule has 0 radical (unpaired) electrons. The third kappa shape index (κ3) is 4.11. The van der Waals surface area contributed by atoms with Gasteiger partial charge in [-0.15, -0.1) is 0 Å². The summed E-state index contributed by atoms with van der Waals surface area (Å²) in [5.74, 6) is 0.858. The van der Waals surface area contributed by atoms with Gasteiger partial charge in [0.25, 0.3) is 0 Å². The Morgan fingerprint density at radius 3 is 2.67 bits per heavy atom. The van der Waals surface area contributed by atoms with Crippen LogP contribution in [0.25, 0.3) is 11.4 Å². The summed E-state index contributed by atoms with van der Waals surface area (Å²) in [5, 5.41) is 10.5. The Balaban J connectivity index is 1.65. The number of rotatable bonds is 5. The highest BCUT2D eigenvalue weighted by molar-refractivity contribution is 6.30. The Kier molecular flexibility index (Phi) is 4.77. The summed E-state index contributed by atoms with van der Waals surface area (Å²) >= 11 is 5.87. The zero-order chi connectivity index (χ0) is 16.9. The van der Waals surface area contributed by atoms with Crippen LogP contribution in [0.4, 0.5) is 11.4 Å². The van der Waals surface area contributed by atoms with Crippen LogP contribution in [0.5, 0.6) is 0 Å². The van der Waals surface area contributed by atoms with Gasteiger partial charge >= 0.3 is 0 Å². The molecule has 7 heteroatoms. The van der Waals surface area contributed by atoms with E-state index in [-0.39, 0.29) is 5.91 Å². The second-order valence-electron chi connectivity index (χ2n) is 5.13. The van der Waals surface area contributed by atoms with Gasteiger partial charge in [-0.05, 0) is 42.5 Å². The van der Waals surface area contributed by atoms with Crippen molar-refractivity contribution in [2.24, 2.45) is 0 Å². The van der Waals surface area contributed by atoms with Gasteiger partial charge in [0.15, 0.2) is 0 Å². The monoisotopic (exact) mass is 342 g/mol. The van der Waals surface area contributed by atoms with Gasteiger partial charge in [0.05, 0.1) is 6.54 Å². The lowest BCUT2D eigenvalue weighted by Gasteiger charge is -2.06. The average Bonchev–Trinajstić information content (AvgIpc) is 3.02. The fraction of sp³-hybridized carbons (Fsp3) is 0.118. The van der Waals surface area contributed by atoms with Gasteiger partial charge < -0.3 is 15.2 Å². The normalized spacial score (nSPS) is 10.4. The molecule has 0 fully saturated rings. The summed E-state index contributed by atoms with van der Waals surface area (Å²) in [6.45, 7) is 1.85. The third-order valence-electron chi connectivity index (χ3n) is 3.20. The van der Waals surface area contributed by atoms with E-state index in [9.17, 15) is 4.79 Å². The minimum atomic E-state index is -0.114. The summed E-state index contributed by atoms with van der Waals surface area (Å²) in [7, 11) is 0. The van der Waals surface area contributed by atoms with E-state index in [1.165, 1.54) is 6.92 Å². The summed E-state index contributed by atoms with van der Waals surface area (Å²) in [5.41, 5.74) is 2.40. The van der Waals surface area contributed by atoms with Gasteiger partial charge in [-0.1, -0.05) is 22.8 Å². The molecule has 1 amide bonds. The molecule has 2 N–H and O–H groups in total. The number of hydrogen-bond acceptors (Lipinski definition) is 5. The topological polar surface area (TPSA) is 80.0 Å². The smallest absolute Gasteiger partial charge is 0.246 e. The van der Waals surface area contributed by atoms with Gasteiger partial charge in [0.1, 0.15) is 0 Å². The quantitative estimate of drug-likeness (QED) is 0.733. The molecule has 0 saturated carbocycles. The van der Waals surface area contributed by atoms with E-state index in [0.29, 0.717) is 23.3 Å². The Morgan fingerprint density at radius 1 is 1.17 bits per heavy atom. The summed E-state index contributed by atoms with van der Waals surface area (Å²) in [4.78, 5) is 15.4. The minimum Gasteiger partial charge on any atom is -0.376 e. The molecule has 24 heavy (non-hydrogen) atoms. The van der Waals surface area contributed by atoms with Crippen molar-refractivity contribution in [3.63, 3.8) is 0 Å². The summed E-state index contributed by atoms with van der Waals surface area (Å²) < 4.78 is 5.24. The van der Waals surface area contributed by atoms with Crippen LogP contribution in [-0.4, -0.2) is 16.0 Å². The van der Waals surface area contributed by atoms with E-state index in [2.05, 4.69) is 20.8 Å². The van der Waals surface area contributed by atoms with E-state index in [1.54, 1.807) is 12.1 Å². The Hall–Kier alpha value is -2.86. The third-order valence-corrected chi connectivity index (χ3v) is 3.45. The lowest BCUT2D eigenvalue weighted by atomic mass is 10.2. The van der Waals surface area contributed by atoms with Crippen LogP contribution in [0.3, 0.4) is 0 Å². The van der Waals surface area contributed by atoms with E-state index >= 15 is 0 Å². The van der Waals surface area contributed by atoms with Crippen molar-refractivity contribution in [2.75, 3.05) is 10.6 Å². The van der Waals surface area contributed by atoms with Crippen LogP contribution in [0.1, 0.15) is 12.8 Å². The highest BCUT2D eigenvalue weighted by Crippen LogP contribution is 2.19. The van der Waals surface area contributed by atoms with E-state index in [0.717, 1.165) is 16.9 Å². The maximum absolute atomic E-state index is 11.1. The lowest BCUT2D eigenvalue weighted by Crippen LogP contribution is -2.06. The van der Waals surface area contributed by atoms with Gasteiger partial charge in [-0.25, -0.2) is 0 Å². The summed E-state index contributed by atoms with van der Waals surface area (Å²) in [6, 6.07) is 14.6. The van der Waals surface area contributed by atoms with Crippen molar-refractivity contribution in [1.82, 2.24) is 10.1 Å². The first-order valence-corrected chi connectivity index (χ1v) is 7.68. The van der Waals surface area contributed by atoms with Gasteiger partial charge in [-0.3, -0.25) is 4.79 Å². The van der Waals surface area contributed by atoms with Crippen LogP contribution in [0.2, 0.25) is 5.02 Å². The summed E-state index contributed by atoms with van der Waals surface area (Å²) in [6.07, 6.45) is 0. The highest BCUT2D eigenvalue weighted by Gasteiger charge is 2.08. The molecule has 122 valence electrons. The number of benzene rings is 2. The fourth-order valence-electron chi connectivity index (χ4n) is 2.13. The molecular formula is C17H15ClN4O2. The largest absolute Gasteiger partial charge is 0.376 e. The number of amides is 1. The number of anilines is 2. The first-order valence-electron chi connectivity index (χ1n) is 7.30. The number of aromatic nitrogens is 2. The molecule has 0 aliphatic carbocycles. The number of nitrogens with zero attached hydrogens (tertiary/aromatic N) is 2. The number of carbonyl (C=O) groups excluding carboxylic acids is 1. The van der Waals surface area contributed by atoms with E-state index < -0.39 is 0 Å². The molecule has 0 atom stereocenters. The fourth-order valence-corrected chi connectivity index (χ4v) is 2.26. The van der Waals surface area contributed by atoms with Crippen LogP contribution in [-0.2, 0) is 11.3 Å². The Morgan fingerprint density at radius 2 is 1.92 bits per heavy atom. The second kappa shape index (κ2) is 7.14. The maximum Gasteiger partial charge on any atom is 0.246 e. The number of carbonyl (C=O) groups is 1. The van der Waals surface area contributed by atoms with Crippen molar-refractivity contribution in [3.05, 3.63) is 59.4 Å². The van der Waals surface area contributed by atoms with Crippen molar-refractivity contribution >= 4 is 28.9 Å². The minimum absolute atomic E-state index is 0.114. The molecule has 3 aromatic rings. The molecule has 0 bridgehead atoms. The Bertz CT molecular complexity index is 846. The molecule has 0 unspecified atom stereocenters. The predicted molar refractivity (Wildman–Crippen MR) is 92.8 cm³/mol. The van der Waals surface area contributed by atoms with E-state index in [4.69, 9.17) is 16.1 Å². The zero-order valence-electron chi connectivity index (χ0n) is 12.9. The molecule has 3 rings (SSSR count). The zero-order valence-corrected chi connectivity index (χ0v) is 13.7. The maximum atomic E-state index is 11.1. The van der Waals surface area contributed by atoms with Gasteiger partial charge in [0.2, 0.25) is 17.6 Å². The SMILES string of the molecule is CC(=O)Nc1cccc(NCc2nc(-c3ccc(Cl)cc3)no2)c1. The second-order valence-corrected chi connectivity index (χ2v) is 5.57. The van der Waals surface area contributed by atoms with Crippen molar-refractivity contribution < 1.29 is 9.32 Å². The molecular weight excluding hydrogens is 328 g/mol. The standard InChI is InChI=1S/C17H15ClN4O2/c1-11(23)20-15-4-2-3-14(9-15)19-10-16-21-17(22-24-16)12-5-7-13(18)8-6-12/h2-9,19H,10H2,1H3,(H,20,23). The lowest BCUT2D eigenvalue weighted by molar-refractivity contribution is -0.114. The number of nitrogens with one attached hydrogen (secondary N) is 2. The molecule has 0 aliphatic rings.